The SMILES string of the molecule is OCC[C@@H]1CN(c2ccc3ccccc3n2)CCN1CCCc1ccccc1. The molecule has 146 valence electrons. The molecule has 1 aliphatic heterocycles. The third-order valence-corrected chi connectivity index (χ3v) is 5.73. The average Bonchev–Trinajstić information content (AvgIpc) is 2.75. The smallest absolute Gasteiger partial charge is 0.129 e. The summed E-state index contributed by atoms with van der Waals surface area (Å²) in [6.45, 7) is 4.25. The number of rotatable bonds is 7. The van der Waals surface area contributed by atoms with Crippen molar-refractivity contribution in [3.05, 3.63) is 72.3 Å². The molecule has 0 saturated carbocycles. The van der Waals surface area contributed by atoms with Gasteiger partial charge in [-0.05, 0) is 49.6 Å². The molecule has 1 aliphatic rings. The van der Waals surface area contributed by atoms with Gasteiger partial charge in [-0.1, -0.05) is 48.5 Å². The molecule has 0 radical (unpaired) electrons. The number of piperazine rings is 1. The van der Waals surface area contributed by atoms with E-state index in [-0.39, 0.29) is 6.61 Å². The van der Waals surface area contributed by atoms with E-state index in [0.29, 0.717) is 6.04 Å². The molecule has 1 aromatic heterocycles. The van der Waals surface area contributed by atoms with E-state index in [1.807, 2.05) is 6.07 Å². The first-order valence-corrected chi connectivity index (χ1v) is 10.3. The summed E-state index contributed by atoms with van der Waals surface area (Å²) in [4.78, 5) is 9.79. The number of fused-ring (bicyclic) bond motifs is 1. The molecule has 0 bridgehead atoms. The highest BCUT2D eigenvalue weighted by Gasteiger charge is 2.27. The van der Waals surface area contributed by atoms with Gasteiger partial charge in [-0.3, -0.25) is 4.90 Å². The quantitative estimate of drug-likeness (QED) is 0.683. The van der Waals surface area contributed by atoms with E-state index in [9.17, 15) is 5.11 Å². The molecule has 4 rings (SSSR count). The summed E-state index contributed by atoms with van der Waals surface area (Å²) in [7, 11) is 0. The summed E-state index contributed by atoms with van der Waals surface area (Å²) in [6, 6.07) is 23.6. The van der Waals surface area contributed by atoms with E-state index in [0.717, 1.165) is 56.8 Å². The Morgan fingerprint density at radius 2 is 1.75 bits per heavy atom. The second kappa shape index (κ2) is 9.18. The monoisotopic (exact) mass is 375 g/mol. The fourth-order valence-electron chi connectivity index (χ4n) is 4.18. The van der Waals surface area contributed by atoms with Gasteiger partial charge in [0, 0.05) is 37.7 Å². The summed E-state index contributed by atoms with van der Waals surface area (Å²) < 4.78 is 0. The molecule has 0 unspecified atom stereocenters. The molecule has 0 aliphatic carbocycles. The number of benzene rings is 2. The number of anilines is 1. The summed E-state index contributed by atoms with van der Waals surface area (Å²) >= 11 is 0. The predicted molar refractivity (Wildman–Crippen MR) is 116 cm³/mol. The maximum absolute atomic E-state index is 9.58. The van der Waals surface area contributed by atoms with Crippen LogP contribution in [-0.4, -0.2) is 53.8 Å². The zero-order valence-corrected chi connectivity index (χ0v) is 16.4. The van der Waals surface area contributed by atoms with Crippen LogP contribution in [-0.2, 0) is 6.42 Å². The van der Waals surface area contributed by atoms with Crippen LogP contribution in [0.3, 0.4) is 0 Å². The first-order chi connectivity index (χ1) is 13.8. The number of hydrogen-bond donors (Lipinski definition) is 1. The minimum atomic E-state index is 0.235. The largest absolute Gasteiger partial charge is 0.396 e. The van der Waals surface area contributed by atoms with Crippen molar-refractivity contribution in [2.45, 2.75) is 25.3 Å². The molecule has 4 heteroatoms. The Morgan fingerprint density at radius 3 is 2.61 bits per heavy atom. The van der Waals surface area contributed by atoms with E-state index in [1.165, 1.54) is 10.9 Å². The van der Waals surface area contributed by atoms with Gasteiger partial charge < -0.3 is 10.0 Å². The molecule has 28 heavy (non-hydrogen) atoms. The zero-order chi connectivity index (χ0) is 19.2. The van der Waals surface area contributed by atoms with Gasteiger partial charge in [0.15, 0.2) is 0 Å². The van der Waals surface area contributed by atoms with Gasteiger partial charge in [-0.25, -0.2) is 4.98 Å². The Labute approximate surface area is 167 Å². The van der Waals surface area contributed by atoms with Gasteiger partial charge in [0.25, 0.3) is 0 Å². The van der Waals surface area contributed by atoms with Crippen LogP contribution >= 0.6 is 0 Å². The average molecular weight is 376 g/mol. The molecule has 1 atom stereocenters. The number of nitrogens with zero attached hydrogens (tertiary/aromatic N) is 3. The Balaban J connectivity index is 1.39. The lowest BCUT2D eigenvalue weighted by Crippen LogP contribution is -2.54. The topological polar surface area (TPSA) is 39.6 Å². The first-order valence-electron chi connectivity index (χ1n) is 10.3. The van der Waals surface area contributed by atoms with Crippen LogP contribution in [0, 0.1) is 0 Å². The molecule has 2 heterocycles. The van der Waals surface area contributed by atoms with Crippen molar-refractivity contribution in [3.8, 4) is 0 Å². The Hall–Kier alpha value is -2.43. The van der Waals surface area contributed by atoms with Crippen LogP contribution in [0.25, 0.3) is 10.9 Å². The summed E-state index contributed by atoms with van der Waals surface area (Å²) in [5.41, 5.74) is 2.45. The van der Waals surface area contributed by atoms with Crippen molar-refractivity contribution in [3.63, 3.8) is 0 Å². The number of hydrogen-bond acceptors (Lipinski definition) is 4. The lowest BCUT2D eigenvalue weighted by molar-refractivity contribution is 0.140. The predicted octanol–water partition coefficient (Wildman–Crippen LogP) is 3.74. The number of aryl methyl sites for hydroxylation is 1. The number of para-hydroxylation sites is 1. The zero-order valence-electron chi connectivity index (χ0n) is 16.4. The van der Waals surface area contributed by atoms with Gasteiger partial charge in [-0.2, -0.15) is 0 Å². The summed E-state index contributed by atoms with van der Waals surface area (Å²) in [6.07, 6.45) is 3.08. The number of aliphatic hydroxyl groups is 1. The van der Waals surface area contributed by atoms with E-state index >= 15 is 0 Å². The molecular weight excluding hydrogens is 346 g/mol. The molecule has 3 aromatic rings. The van der Waals surface area contributed by atoms with Crippen LogP contribution in [0.4, 0.5) is 5.82 Å². The first kappa shape index (κ1) is 18.9. The minimum absolute atomic E-state index is 0.235. The fourth-order valence-corrected chi connectivity index (χ4v) is 4.18. The molecule has 0 amide bonds. The van der Waals surface area contributed by atoms with Crippen molar-refractivity contribution in [1.82, 2.24) is 9.88 Å². The van der Waals surface area contributed by atoms with Gasteiger partial charge in [0.05, 0.1) is 5.52 Å². The van der Waals surface area contributed by atoms with Crippen LogP contribution in [0.1, 0.15) is 18.4 Å². The summed E-state index contributed by atoms with van der Waals surface area (Å²) in [5, 5.41) is 10.8. The second-order valence-electron chi connectivity index (χ2n) is 7.60. The van der Waals surface area contributed by atoms with E-state index in [4.69, 9.17) is 4.98 Å². The van der Waals surface area contributed by atoms with Crippen LogP contribution in [0.15, 0.2) is 66.7 Å². The van der Waals surface area contributed by atoms with E-state index in [1.54, 1.807) is 0 Å². The Kier molecular flexibility index (Phi) is 6.20. The van der Waals surface area contributed by atoms with Crippen molar-refractivity contribution in [2.24, 2.45) is 0 Å². The van der Waals surface area contributed by atoms with Crippen molar-refractivity contribution in [2.75, 3.05) is 37.7 Å². The standard InChI is InChI=1S/C24H29N3O/c28-18-14-22-19-27(24-13-12-21-10-4-5-11-23(21)25-24)17-16-26(22)15-6-9-20-7-2-1-3-8-20/h1-5,7-8,10-13,22,28H,6,9,14-19H2/t22-/m1/s1. The molecule has 4 nitrogen and oxygen atoms in total. The van der Waals surface area contributed by atoms with E-state index in [2.05, 4.69) is 70.5 Å². The third kappa shape index (κ3) is 4.51. The van der Waals surface area contributed by atoms with Gasteiger partial charge in [0.2, 0.25) is 0 Å². The second-order valence-corrected chi connectivity index (χ2v) is 7.60. The highest BCUT2D eigenvalue weighted by molar-refractivity contribution is 5.80. The number of aliphatic hydroxyl groups excluding tert-OH is 1. The molecule has 1 fully saturated rings. The lowest BCUT2D eigenvalue weighted by Gasteiger charge is -2.42. The van der Waals surface area contributed by atoms with Gasteiger partial charge >= 0.3 is 0 Å². The van der Waals surface area contributed by atoms with Crippen molar-refractivity contribution < 1.29 is 5.11 Å². The van der Waals surface area contributed by atoms with Gasteiger partial charge in [0.1, 0.15) is 5.82 Å². The molecular formula is C24H29N3O. The van der Waals surface area contributed by atoms with Crippen LogP contribution in [0.5, 0.6) is 0 Å². The van der Waals surface area contributed by atoms with E-state index < -0.39 is 0 Å². The molecule has 1 saturated heterocycles. The van der Waals surface area contributed by atoms with Crippen molar-refractivity contribution in [1.29, 1.82) is 0 Å². The normalized spacial score (nSPS) is 17.9. The molecule has 2 aromatic carbocycles. The maximum Gasteiger partial charge on any atom is 0.129 e. The Morgan fingerprint density at radius 1 is 0.929 bits per heavy atom. The molecule has 0 spiro atoms. The summed E-state index contributed by atoms with van der Waals surface area (Å²) in [5.74, 6) is 1.05. The number of aromatic nitrogens is 1. The highest BCUT2D eigenvalue weighted by atomic mass is 16.3. The minimum Gasteiger partial charge on any atom is -0.396 e. The number of pyridine rings is 1. The van der Waals surface area contributed by atoms with Crippen molar-refractivity contribution >= 4 is 16.7 Å². The highest BCUT2D eigenvalue weighted by Crippen LogP contribution is 2.22. The Bertz CT molecular complexity index is 883. The molecule has 1 N–H and O–H groups in total. The van der Waals surface area contributed by atoms with Gasteiger partial charge in [-0.15, -0.1) is 0 Å². The lowest BCUT2D eigenvalue weighted by atomic mass is 10.1. The maximum atomic E-state index is 9.58. The van der Waals surface area contributed by atoms with Crippen LogP contribution < -0.4 is 4.90 Å². The third-order valence-electron chi connectivity index (χ3n) is 5.73. The van der Waals surface area contributed by atoms with Crippen LogP contribution in [0.2, 0.25) is 0 Å². The fraction of sp³-hybridized carbons (Fsp3) is 0.375.